The third-order valence-electron chi connectivity index (χ3n) is 4.77. The first-order valence-corrected chi connectivity index (χ1v) is 13.3. The maximum absolute atomic E-state index is 10.3. The maximum atomic E-state index is 10.3. The summed E-state index contributed by atoms with van der Waals surface area (Å²) in [7, 11) is 0. The Morgan fingerprint density at radius 3 is 1.98 bits per heavy atom. The number of aromatic carboxylic acids is 1. The molecule has 2 aromatic heterocycles. The number of carboxylic acids is 3. The number of hydrogen-bond donors (Lipinski definition) is 7. The average Bonchev–Trinajstić information content (AvgIpc) is 3.47. The number of hydrogen-bond acceptors (Lipinski definition) is 9. The van der Waals surface area contributed by atoms with Crippen molar-refractivity contribution in [2.75, 3.05) is 6.54 Å². The standard InChI is InChI=1S/C9H7NO.C6H4BrNO2.C6H14N4O2.C6H13NO2/c1-2-4-8(5-3-1)9-6-10-7-11-9;7-5-1-4(6(9)10)2-8-3-5;7-4(5(11)12)2-1-3-10-6(8)9;1-4(2)3-5(7)6(8)9/h1-7H;1-3H,(H,9,10);4H,1-3,7H2,(H,11,12)(H4,8,9,10);4-5H,3,7H2,1-2H3,(H,8,9)/t;;4-;5-/m..00/s1. The first-order chi connectivity index (χ1) is 19.7. The van der Waals surface area contributed by atoms with E-state index in [1.807, 2.05) is 44.2 Å². The lowest BCUT2D eigenvalue weighted by Gasteiger charge is -2.07. The molecule has 0 saturated carbocycles. The Labute approximate surface area is 252 Å². The number of nitrogens with zero attached hydrogens (tertiary/aromatic N) is 3. The number of carbonyl (C=O) groups is 3. The monoisotopic (exact) mass is 651 g/mol. The van der Waals surface area contributed by atoms with Crippen LogP contribution >= 0.6 is 15.9 Å². The topological polar surface area (TPSA) is 267 Å². The highest BCUT2D eigenvalue weighted by molar-refractivity contribution is 9.10. The van der Waals surface area contributed by atoms with Gasteiger partial charge >= 0.3 is 17.9 Å². The highest BCUT2D eigenvalue weighted by Crippen LogP contribution is 2.16. The van der Waals surface area contributed by atoms with Gasteiger partial charge in [0.15, 0.2) is 18.1 Å². The van der Waals surface area contributed by atoms with E-state index in [2.05, 4.69) is 30.9 Å². The van der Waals surface area contributed by atoms with Gasteiger partial charge < -0.3 is 42.7 Å². The highest BCUT2D eigenvalue weighted by atomic mass is 79.9. The fourth-order valence-corrected chi connectivity index (χ4v) is 3.11. The van der Waals surface area contributed by atoms with Gasteiger partial charge in [0.1, 0.15) is 12.1 Å². The Bertz CT molecular complexity index is 1220. The van der Waals surface area contributed by atoms with Crippen molar-refractivity contribution < 1.29 is 34.1 Å². The Balaban J connectivity index is 0.000000537. The number of aliphatic imine (C=N–C) groups is 1. The Hall–Kier alpha value is -4.34. The zero-order valence-corrected chi connectivity index (χ0v) is 24.9. The highest BCUT2D eigenvalue weighted by Gasteiger charge is 2.12. The van der Waals surface area contributed by atoms with Gasteiger partial charge in [-0.2, -0.15) is 0 Å². The van der Waals surface area contributed by atoms with Crippen LogP contribution < -0.4 is 22.9 Å². The second-order valence-corrected chi connectivity index (χ2v) is 9.81. The summed E-state index contributed by atoms with van der Waals surface area (Å²) in [6.07, 6.45) is 7.48. The van der Waals surface area contributed by atoms with Crippen LogP contribution in [0.2, 0.25) is 0 Å². The second-order valence-electron chi connectivity index (χ2n) is 8.90. The van der Waals surface area contributed by atoms with Crippen molar-refractivity contribution in [2.24, 2.45) is 33.8 Å². The molecule has 0 aliphatic rings. The molecule has 0 saturated heterocycles. The van der Waals surface area contributed by atoms with Crippen molar-refractivity contribution in [3.8, 4) is 11.3 Å². The number of aliphatic carboxylic acids is 2. The molecular weight excluding hydrogens is 614 g/mol. The number of benzene rings is 1. The van der Waals surface area contributed by atoms with Crippen LogP contribution in [0.1, 0.15) is 43.5 Å². The number of halogens is 1. The molecule has 14 nitrogen and oxygen atoms in total. The zero-order chi connectivity index (χ0) is 32.1. The molecule has 2 atom stereocenters. The minimum absolute atomic E-state index is 0.0129. The minimum Gasteiger partial charge on any atom is -0.480 e. The molecule has 2 heterocycles. The van der Waals surface area contributed by atoms with E-state index in [1.165, 1.54) is 24.9 Å². The number of nitrogens with two attached hydrogens (primary N) is 4. The van der Waals surface area contributed by atoms with Crippen LogP contribution in [-0.4, -0.2) is 67.8 Å². The third-order valence-corrected chi connectivity index (χ3v) is 5.20. The SMILES string of the molecule is CC(C)C[C@H](N)C(=O)O.NC(N)=NCCC[C@H](N)C(=O)O.O=C(O)c1cncc(Br)c1.c1ccc(-c2cnco2)cc1. The van der Waals surface area contributed by atoms with Crippen LogP contribution in [0.3, 0.4) is 0 Å². The fourth-order valence-electron chi connectivity index (χ4n) is 2.74. The number of pyridine rings is 1. The molecule has 0 amide bonds. The Morgan fingerprint density at radius 2 is 1.57 bits per heavy atom. The zero-order valence-electron chi connectivity index (χ0n) is 23.3. The Kier molecular flexibility index (Phi) is 19.2. The first-order valence-electron chi connectivity index (χ1n) is 12.5. The lowest BCUT2D eigenvalue weighted by atomic mass is 10.1. The van der Waals surface area contributed by atoms with Gasteiger partial charge in [-0.1, -0.05) is 44.2 Å². The molecule has 1 aromatic carbocycles. The van der Waals surface area contributed by atoms with Gasteiger partial charge in [0, 0.05) is 29.0 Å². The van der Waals surface area contributed by atoms with E-state index in [0.29, 0.717) is 36.2 Å². The van der Waals surface area contributed by atoms with E-state index in [-0.39, 0.29) is 11.5 Å². The summed E-state index contributed by atoms with van der Waals surface area (Å²) in [6, 6.07) is 9.87. The quantitative estimate of drug-likeness (QED) is 0.0944. The summed E-state index contributed by atoms with van der Waals surface area (Å²) in [5.41, 5.74) is 21.8. The summed E-state index contributed by atoms with van der Waals surface area (Å²) in [5, 5.41) is 25.1. The summed E-state index contributed by atoms with van der Waals surface area (Å²) < 4.78 is 5.78. The second kappa shape index (κ2) is 21.4. The van der Waals surface area contributed by atoms with Crippen LogP contribution in [0.25, 0.3) is 11.3 Å². The van der Waals surface area contributed by atoms with Crippen molar-refractivity contribution in [1.29, 1.82) is 0 Å². The summed E-state index contributed by atoms with van der Waals surface area (Å²) in [4.78, 5) is 41.8. The number of oxazole rings is 1. The van der Waals surface area contributed by atoms with E-state index in [1.54, 1.807) is 6.20 Å². The molecule has 3 rings (SSSR count). The van der Waals surface area contributed by atoms with Crippen LogP contribution in [0, 0.1) is 5.92 Å². The van der Waals surface area contributed by atoms with Gasteiger partial charge in [-0.05, 0) is 47.2 Å². The Morgan fingerprint density at radius 1 is 0.952 bits per heavy atom. The maximum Gasteiger partial charge on any atom is 0.337 e. The number of guanidine groups is 1. The molecule has 0 aliphatic heterocycles. The molecule has 0 spiro atoms. The van der Waals surface area contributed by atoms with Crippen molar-refractivity contribution in [2.45, 2.75) is 45.2 Å². The van der Waals surface area contributed by atoms with Crippen molar-refractivity contribution >= 4 is 39.8 Å². The molecule has 11 N–H and O–H groups in total. The van der Waals surface area contributed by atoms with Gasteiger partial charge in [0.05, 0.1) is 11.8 Å². The average molecular weight is 653 g/mol. The molecule has 0 fully saturated rings. The summed E-state index contributed by atoms with van der Waals surface area (Å²) in [6.45, 7) is 4.31. The summed E-state index contributed by atoms with van der Waals surface area (Å²) in [5.74, 6) is -1.70. The number of carboxylic acid groups (broad SMARTS) is 3. The van der Waals surface area contributed by atoms with Crippen molar-refractivity contribution in [3.05, 3.63) is 71.4 Å². The molecule has 42 heavy (non-hydrogen) atoms. The molecule has 230 valence electrons. The van der Waals surface area contributed by atoms with Crippen LogP contribution in [0.15, 0.2) is 75.3 Å². The van der Waals surface area contributed by atoms with E-state index in [0.717, 1.165) is 11.3 Å². The molecular formula is C27H38BrN7O7. The van der Waals surface area contributed by atoms with E-state index >= 15 is 0 Å². The van der Waals surface area contributed by atoms with Gasteiger partial charge in [0.2, 0.25) is 0 Å². The van der Waals surface area contributed by atoms with E-state index < -0.39 is 30.0 Å². The molecule has 0 unspecified atom stereocenters. The molecule has 0 aliphatic carbocycles. The van der Waals surface area contributed by atoms with Gasteiger partial charge in [-0.15, -0.1) is 0 Å². The largest absolute Gasteiger partial charge is 0.480 e. The van der Waals surface area contributed by atoms with Gasteiger partial charge in [-0.3, -0.25) is 19.6 Å². The molecule has 0 bridgehead atoms. The van der Waals surface area contributed by atoms with Crippen LogP contribution in [-0.2, 0) is 9.59 Å². The third kappa shape index (κ3) is 18.9. The molecule has 3 aromatic rings. The number of aromatic nitrogens is 2. The fraction of sp³-hybridized carbons (Fsp3) is 0.333. The van der Waals surface area contributed by atoms with E-state index in [9.17, 15) is 14.4 Å². The molecule has 0 radical (unpaired) electrons. The molecule has 15 heteroatoms. The van der Waals surface area contributed by atoms with Crippen LogP contribution in [0.5, 0.6) is 0 Å². The predicted molar refractivity (Wildman–Crippen MR) is 161 cm³/mol. The van der Waals surface area contributed by atoms with Gasteiger partial charge in [0.25, 0.3) is 0 Å². The smallest absolute Gasteiger partial charge is 0.337 e. The first kappa shape index (κ1) is 37.7. The van der Waals surface area contributed by atoms with Gasteiger partial charge in [-0.25, -0.2) is 9.78 Å². The van der Waals surface area contributed by atoms with Crippen molar-refractivity contribution in [3.63, 3.8) is 0 Å². The number of rotatable bonds is 10. The van der Waals surface area contributed by atoms with Crippen LogP contribution in [0.4, 0.5) is 0 Å². The summed E-state index contributed by atoms with van der Waals surface area (Å²) >= 11 is 3.10. The lowest BCUT2D eigenvalue weighted by molar-refractivity contribution is -0.139. The lowest BCUT2D eigenvalue weighted by Crippen LogP contribution is -2.31. The minimum atomic E-state index is -1.00. The van der Waals surface area contributed by atoms with Crippen molar-refractivity contribution in [1.82, 2.24) is 9.97 Å². The van der Waals surface area contributed by atoms with E-state index in [4.69, 9.17) is 42.7 Å². The normalized spacial score (nSPS) is 11.2. The predicted octanol–water partition coefficient (Wildman–Crippen LogP) is 2.78.